The van der Waals surface area contributed by atoms with Crippen LogP contribution in [0.4, 0.5) is 5.82 Å². The summed E-state index contributed by atoms with van der Waals surface area (Å²) in [6, 6.07) is 16.5. The third-order valence-electron chi connectivity index (χ3n) is 3.56. The number of ketones is 1. The summed E-state index contributed by atoms with van der Waals surface area (Å²) in [5.41, 5.74) is 5.18. The summed E-state index contributed by atoms with van der Waals surface area (Å²) >= 11 is 5.87. The molecule has 0 atom stereocenters. The van der Waals surface area contributed by atoms with E-state index in [1.54, 1.807) is 60.7 Å². The molecule has 1 heterocycles. The molecule has 3 rings (SSSR count). The van der Waals surface area contributed by atoms with Crippen LogP contribution in [-0.2, 0) is 0 Å². The number of nitriles is 1. The fourth-order valence-electron chi connectivity index (χ4n) is 2.30. The van der Waals surface area contributed by atoms with E-state index in [1.165, 1.54) is 4.68 Å². The summed E-state index contributed by atoms with van der Waals surface area (Å²) in [6.07, 6.45) is 0. The molecule has 122 valence electrons. The SMILES string of the molecule is N#Cc1c(N)n(-c2ccc(Cl)cc2)nc(C(=O)c2ccccc2)c1=O. The standard InChI is InChI=1S/C18H11ClN4O2/c19-12-6-8-13(9-7-12)23-18(21)14(10-20)17(25)15(22-23)16(24)11-4-2-1-3-5-11/h1-9H,21H2. The van der Waals surface area contributed by atoms with Gasteiger partial charge in [0.25, 0.3) is 0 Å². The van der Waals surface area contributed by atoms with Crippen molar-refractivity contribution in [2.24, 2.45) is 0 Å². The number of hydrogen-bond donors (Lipinski definition) is 1. The van der Waals surface area contributed by atoms with Crippen molar-refractivity contribution >= 4 is 23.2 Å². The Morgan fingerprint density at radius 1 is 1.12 bits per heavy atom. The van der Waals surface area contributed by atoms with Crippen LogP contribution in [0.25, 0.3) is 5.69 Å². The Labute approximate surface area is 147 Å². The van der Waals surface area contributed by atoms with Crippen LogP contribution in [0.5, 0.6) is 0 Å². The molecule has 0 saturated heterocycles. The molecule has 0 unspecified atom stereocenters. The molecule has 0 bridgehead atoms. The van der Waals surface area contributed by atoms with Crippen LogP contribution >= 0.6 is 11.6 Å². The Morgan fingerprint density at radius 2 is 1.76 bits per heavy atom. The molecule has 0 radical (unpaired) electrons. The van der Waals surface area contributed by atoms with Gasteiger partial charge in [0.15, 0.2) is 5.69 Å². The van der Waals surface area contributed by atoms with Crippen molar-refractivity contribution < 1.29 is 4.79 Å². The highest BCUT2D eigenvalue weighted by molar-refractivity contribution is 6.30. The number of halogens is 1. The fraction of sp³-hybridized carbons (Fsp3) is 0. The molecule has 6 nitrogen and oxygen atoms in total. The second-order valence-corrected chi connectivity index (χ2v) is 5.57. The fourth-order valence-corrected chi connectivity index (χ4v) is 2.43. The van der Waals surface area contributed by atoms with E-state index in [0.29, 0.717) is 16.3 Å². The average Bonchev–Trinajstić information content (AvgIpc) is 2.63. The monoisotopic (exact) mass is 350 g/mol. The maximum Gasteiger partial charge on any atom is 0.231 e. The van der Waals surface area contributed by atoms with Crippen molar-refractivity contribution in [2.75, 3.05) is 5.73 Å². The van der Waals surface area contributed by atoms with Crippen LogP contribution in [0.1, 0.15) is 21.6 Å². The number of nitrogens with two attached hydrogens (primary N) is 1. The molecular weight excluding hydrogens is 340 g/mol. The molecular formula is C18H11ClN4O2. The van der Waals surface area contributed by atoms with Gasteiger partial charge in [0, 0.05) is 10.6 Å². The number of carbonyl (C=O) groups is 1. The van der Waals surface area contributed by atoms with E-state index < -0.39 is 11.2 Å². The first-order chi connectivity index (χ1) is 12.0. The van der Waals surface area contributed by atoms with E-state index in [0.717, 1.165) is 0 Å². The predicted molar refractivity (Wildman–Crippen MR) is 93.8 cm³/mol. The van der Waals surface area contributed by atoms with Gasteiger partial charge in [0.1, 0.15) is 17.5 Å². The highest BCUT2D eigenvalue weighted by Crippen LogP contribution is 2.17. The van der Waals surface area contributed by atoms with E-state index in [1.807, 2.05) is 0 Å². The van der Waals surface area contributed by atoms with E-state index >= 15 is 0 Å². The van der Waals surface area contributed by atoms with Crippen molar-refractivity contribution in [3.63, 3.8) is 0 Å². The summed E-state index contributed by atoms with van der Waals surface area (Å²) in [6.45, 7) is 0. The number of nitrogen functional groups attached to an aromatic ring is 1. The first-order valence-corrected chi connectivity index (χ1v) is 7.59. The number of rotatable bonds is 3. The molecule has 0 aliphatic carbocycles. The maximum absolute atomic E-state index is 12.6. The van der Waals surface area contributed by atoms with Crippen molar-refractivity contribution in [2.45, 2.75) is 0 Å². The molecule has 1 aromatic heterocycles. The molecule has 0 aliphatic heterocycles. The lowest BCUT2D eigenvalue weighted by Gasteiger charge is -2.12. The molecule has 2 N–H and O–H groups in total. The molecule has 25 heavy (non-hydrogen) atoms. The Bertz CT molecular complexity index is 1050. The number of hydrogen-bond acceptors (Lipinski definition) is 5. The van der Waals surface area contributed by atoms with Crippen molar-refractivity contribution in [1.82, 2.24) is 9.78 Å². The third-order valence-corrected chi connectivity index (χ3v) is 3.81. The van der Waals surface area contributed by atoms with Gasteiger partial charge in [-0.05, 0) is 24.3 Å². The van der Waals surface area contributed by atoms with E-state index in [9.17, 15) is 14.9 Å². The van der Waals surface area contributed by atoms with Crippen molar-refractivity contribution in [3.05, 3.63) is 86.7 Å². The quantitative estimate of drug-likeness (QED) is 0.731. The minimum atomic E-state index is -0.793. The minimum Gasteiger partial charge on any atom is -0.382 e. The van der Waals surface area contributed by atoms with Gasteiger partial charge in [-0.15, -0.1) is 0 Å². The smallest absolute Gasteiger partial charge is 0.231 e. The van der Waals surface area contributed by atoms with Crippen LogP contribution in [0, 0.1) is 11.3 Å². The van der Waals surface area contributed by atoms with E-state index in [4.69, 9.17) is 17.3 Å². The molecule has 0 fully saturated rings. The second-order valence-electron chi connectivity index (χ2n) is 5.13. The van der Waals surface area contributed by atoms with Gasteiger partial charge in [-0.25, -0.2) is 4.68 Å². The second kappa shape index (κ2) is 6.59. The van der Waals surface area contributed by atoms with Gasteiger partial charge in [-0.2, -0.15) is 10.4 Å². The molecule has 2 aromatic carbocycles. The number of carbonyl (C=O) groups excluding carboxylic acids is 1. The highest BCUT2D eigenvalue weighted by atomic mass is 35.5. The Hall–Kier alpha value is -3.43. The minimum absolute atomic E-state index is 0.139. The number of benzene rings is 2. The Morgan fingerprint density at radius 3 is 2.36 bits per heavy atom. The molecule has 0 saturated carbocycles. The molecule has 3 aromatic rings. The lowest BCUT2D eigenvalue weighted by atomic mass is 10.1. The number of nitrogens with zero attached hydrogens (tertiary/aromatic N) is 3. The molecule has 7 heteroatoms. The third kappa shape index (κ3) is 3.01. The normalized spacial score (nSPS) is 10.2. The van der Waals surface area contributed by atoms with Gasteiger partial charge in [-0.3, -0.25) is 9.59 Å². The van der Waals surface area contributed by atoms with Crippen molar-refractivity contribution in [1.29, 1.82) is 5.26 Å². The summed E-state index contributed by atoms with van der Waals surface area (Å²) in [5.74, 6) is -0.718. The van der Waals surface area contributed by atoms with Crippen molar-refractivity contribution in [3.8, 4) is 11.8 Å². The lowest BCUT2D eigenvalue weighted by Crippen LogP contribution is -2.27. The van der Waals surface area contributed by atoms with Crippen LogP contribution in [-0.4, -0.2) is 15.6 Å². The largest absolute Gasteiger partial charge is 0.382 e. The van der Waals surface area contributed by atoms with Gasteiger partial charge >= 0.3 is 0 Å². The Balaban J connectivity index is 2.25. The molecule has 0 aliphatic rings. The number of anilines is 1. The zero-order valence-electron chi connectivity index (χ0n) is 12.8. The highest BCUT2D eigenvalue weighted by Gasteiger charge is 2.22. The zero-order chi connectivity index (χ0) is 18.0. The van der Waals surface area contributed by atoms with Crippen LogP contribution in [0.2, 0.25) is 5.02 Å². The Kier molecular flexibility index (Phi) is 4.33. The topological polar surface area (TPSA) is 102 Å². The first kappa shape index (κ1) is 16.4. The maximum atomic E-state index is 12.6. The molecule has 0 spiro atoms. The zero-order valence-corrected chi connectivity index (χ0v) is 13.6. The average molecular weight is 351 g/mol. The van der Waals surface area contributed by atoms with E-state index in [2.05, 4.69) is 5.10 Å². The van der Waals surface area contributed by atoms with Gasteiger partial charge in [0.05, 0.1) is 5.69 Å². The van der Waals surface area contributed by atoms with Gasteiger partial charge < -0.3 is 5.73 Å². The summed E-state index contributed by atoms with van der Waals surface area (Å²) < 4.78 is 1.19. The van der Waals surface area contributed by atoms with Crippen LogP contribution < -0.4 is 11.2 Å². The summed E-state index contributed by atoms with van der Waals surface area (Å²) in [7, 11) is 0. The summed E-state index contributed by atoms with van der Waals surface area (Å²) in [4.78, 5) is 25.1. The van der Waals surface area contributed by atoms with Gasteiger partial charge in [-0.1, -0.05) is 41.9 Å². The van der Waals surface area contributed by atoms with Crippen LogP contribution in [0.3, 0.4) is 0 Å². The first-order valence-electron chi connectivity index (χ1n) is 7.21. The predicted octanol–water partition coefficient (Wildman–Crippen LogP) is 2.57. The lowest BCUT2D eigenvalue weighted by molar-refractivity contribution is 0.103. The molecule has 0 amide bonds. The van der Waals surface area contributed by atoms with Gasteiger partial charge in [0.2, 0.25) is 11.2 Å². The summed E-state index contributed by atoms with van der Waals surface area (Å²) in [5, 5.41) is 13.9. The van der Waals surface area contributed by atoms with E-state index in [-0.39, 0.29) is 17.1 Å². The number of aromatic nitrogens is 2. The van der Waals surface area contributed by atoms with Crippen LogP contribution in [0.15, 0.2) is 59.4 Å².